The van der Waals surface area contributed by atoms with Gasteiger partial charge < -0.3 is 5.32 Å². The van der Waals surface area contributed by atoms with Crippen LogP contribution in [0.2, 0.25) is 0 Å². The number of piperazine rings is 1. The summed E-state index contributed by atoms with van der Waals surface area (Å²) in [7, 11) is 0. The van der Waals surface area contributed by atoms with Crippen molar-refractivity contribution in [3.63, 3.8) is 0 Å². The summed E-state index contributed by atoms with van der Waals surface area (Å²) in [4.78, 5) is 5.46. The monoisotopic (exact) mass is 271 g/mol. The summed E-state index contributed by atoms with van der Waals surface area (Å²) in [5, 5.41) is 3.68. The first-order valence-electron chi connectivity index (χ1n) is 8.16. The SMILES string of the molecule is c1ccc(C2CN(C3CCN(C4CC4)C3)CCN2)cc1. The maximum Gasteiger partial charge on any atom is 0.0449 e. The predicted molar refractivity (Wildman–Crippen MR) is 81.8 cm³/mol. The number of benzene rings is 1. The Morgan fingerprint density at radius 3 is 2.45 bits per heavy atom. The summed E-state index contributed by atoms with van der Waals surface area (Å²) in [6, 6.07) is 13.2. The van der Waals surface area contributed by atoms with Gasteiger partial charge in [-0.2, -0.15) is 0 Å². The number of hydrogen-bond donors (Lipinski definition) is 1. The van der Waals surface area contributed by atoms with Crippen LogP contribution in [0.25, 0.3) is 0 Å². The van der Waals surface area contributed by atoms with Gasteiger partial charge in [0, 0.05) is 50.8 Å². The minimum atomic E-state index is 0.514. The third-order valence-corrected chi connectivity index (χ3v) is 5.18. The van der Waals surface area contributed by atoms with E-state index in [9.17, 15) is 0 Å². The maximum atomic E-state index is 3.68. The summed E-state index contributed by atoms with van der Waals surface area (Å²) in [5.74, 6) is 0. The second kappa shape index (κ2) is 5.47. The largest absolute Gasteiger partial charge is 0.308 e. The van der Waals surface area contributed by atoms with Crippen molar-refractivity contribution < 1.29 is 0 Å². The zero-order valence-corrected chi connectivity index (χ0v) is 12.2. The lowest BCUT2D eigenvalue weighted by Gasteiger charge is -2.37. The van der Waals surface area contributed by atoms with Gasteiger partial charge in [-0.3, -0.25) is 9.80 Å². The first kappa shape index (κ1) is 12.8. The average Bonchev–Trinajstić information content (AvgIpc) is 3.26. The molecule has 3 aliphatic rings. The van der Waals surface area contributed by atoms with Gasteiger partial charge in [0.15, 0.2) is 0 Å². The van der Waals surface area contributed by atoms with Crippen LogP contribution in [0.5, 0.6) is 0 Å². The van der Waals surface area contributed by atoms with Crippen molar-refractivity contribution in [2.24, 2.45) is 0 Å². The molecule has 0 amide bonds. The lowest BCUT2D eigenvalue weighted by atomic mass is 10.0. The van der Waals surface area contributed by atoms with Crippen LogP contribution in [0.4, 0.5) is 0 Å². The Balaban J connectivity index is 1.39. The molecule has 1 aromatic carbocycles. The van der Waals surface area contributed by atoms with Gasteiger partial charge in [0.05, 0.1) is 0 Å². The molecule has 1 N–H and O–H groups in total. The first-order valence-corrected chi connectivity index (χ1v) is 8.16. The van der Waals surface area contributed by atoms with Crippen LogP contribution in [0.3, 0.4) is 0 Å². The van der Waals surface area contributed by atoms with Crippen LogP contribution in [-0.2, 0) is 0 Å². The van der Waals surface area contributed by atoms with Crippen LogP contribution in [0, 0.1) is 0 Å². The lowest BCUT2D eigenvalue weighted by Crippen LogP contribution is -2.50. The molecule has 1 saturated carbocycles. The van der Waals surface area contributed by atoms with E-state index < -0.39 is 0 Å². The van der Waals surface area contributed by atoms with Gasteiger partial charge >= 0.3 is 0 Å². The van der Waals surface area contributed by atoms with Crippen molar-refractivity contribution in [2.75, 3.05) is 32.7 Å². The second-order valence-electron chi connectivity index (χ2n) is 6.58. The number of nitrogens with zero attached hydrogens (tertiary/aromatic N) is 2. The Morgan fingerprint density at radius 1 is 0.850 bits per heavy atom. The molecule has 1 aromatic rings. The van der Waals surface area contributed by atoms with E-state index in [1.165, 1.54) is 51.0 Å². The van der Waals surface area contributed by atoms with Crippen molar-refractivity contribution in [3.05, 3.63) is 35.9 Å². The molecule has 3 fully saturated rings. The highest BCUT2D eigenvalue weighted by Gasteiger charge is 2.37. The van der Waals surface area contributed by atoms with E-state index in [4.69, 9.17) is 0 Å². The van der Waals surface area contributed by atoms with E-state index in [-0.39, 0.29) is 0 Å². The number of rotatable bonds is 3. The Labute approximate surface area is 121 Å². The van der Waals surface area contributed by atoms with Crippen molar-refractivity contribution in [3.8, 4) is 0 Å². The summed E-state index contributed by atoms with van der Waals surface area (Å²) >= 11 is 0. The fourth-order valence-corrected chi connectivity index (χ4v) is 3.85. The summed E-state index contributed by atoms with van der Waals surface area (Å²) in [6.07, 6.45) is 4.26. The molecule has 0 spiro atoms. The van der Waals surface area contributed by atoms with Gasteiger partial charge in [0.25, 0.3) is 0 Å². The van der Waals surface area contributed by atoms with E-state index >= 15 is 0 Å². The second-order valence-corrected chi connectivity index (χ2v) is 6.58. The number of nitrogens with one attached hydrogen (secondary N) is 1. The summed E-state index contributed by atoms with van der Waals surface area (Å²) < 4.78 is 0. The predicted octanol–water partition coefficient (Wildman–Crippen LogP) is 1.87. The third-order valence-electron chi connectivity index (χ3n) is 5.18. The number of likely N-dealkylation sites (tertiary alicyclic amines) is 1. The van der Waals surface area contributed by atoms with Crippen LogP contribution in [0.15, 0.2) is 30.3 Å². The number of hydrogen-bond acceptors (Lipinski definition) is 3. The standard InChI is InChI=1S/C17H25N3/c1-2-4-14(5-3-1)17-13-20(11-9-18-17)16-8-10-19(12-16)15-6-7-15/h1-5,15-18H,6-13H2. The highest BCUT2D eigenvalue weighted by atomic mass is 15.3. The molecule has 2 unspecified atom stereocenters. The van der Waals surface area contributed by atoms with Gasteiger partial charge in [-0.15, -0.1) is 0 Å². The van der Waals surface area contributed by atoms with E-state index in [2.05, 4.69) is 45.4 Å². The Hall–Kier alpha value is -0.900. The van der Waals surface area contributed by atoms with Gasteiger partial charge in [0.1, 0.15) is 0 Å². The minimum absolute atomic E-state index is 0.514. The molecule has 2 saturated heterocycles. The molecule has 0 bridgehead atoms. The fraction of sp³-hybridized carbons (Fsp3) is 0.647. The van der Waals surface area contributed by atoms with Gasteiger partial charge in [-0.25, -0.2) is 0 Å². The zero-order valence-electron chi connectivity index (χ0n) is 12.2. The molecular formula is C17H25N3. The molecule has 2 aliphatic heterocycles. The van der Waals surface area contributed by atoms with Crippen LogP contribution < -0.4 is 5.32 Å². The summed E-state index contributed by atoms with van der Waals surface area (Å²) in [5.41, 5.74) is 1.44. The van der Waals surface area contributed by atoms with Gasteiger partial charge in [-0.05, 0) is 24.8 Å². The van der Waals surface area contributed by atoms with Crippen LogP contribution in [-0.4, -0.2) is 54.6 Å². The topological polar surface area (TPSA) is 18.5 Å². The van der Waals surface area contributed by atoms with Crippen LogP contribution in [0.1, 0.15) is 30.9 Å². The van der Waals surface area contributed by atoms with Gasteiger partial charge in [0.2, 0.25) is 0 Å². The molecule has 3 nitrogen and oxygen atoms in total. The Morgan fingerprint density at radius 2 is 1.65 bits per heavy atom. The highest BCUT2D eigenvalue weighted by Crippen LogP contribution is 2.32. The van der Waals surface area contributed by atoms with E-state index in [0.717, 1.165) is 18.6 Å². The van der Waals surface area contributed by atoms with Crippen molar-refractivity contribution in [2.45, 2.75) is 37.4 Å². The quantitative estimate of drug-likeness (QED) is 0.905. The molecule has 20 heavy (non-hydrogen) atoms. The third kappa shape index (κ3) is 2.62. The molecular weight excluding hydrogens is 246 g/mol. The van der Waals surface area contributed by atoms with E-state index in [0.29, 0.717) is 6.04 Å². The smallest absolute Gasteiger partial charge is 0.0449 e. The molecule has 1 aliphatic carbocycles. The molecule has 4 rings (SSSR count). The molecule has 2 atom stereocenters. The minimum Gasteiger partial charge on any atom is -0.308 e. The molecule has 0 radical (unpaired) electrons. The summed E-state index contributed by atoms with van der Waals surface area (Å²) in [6.45, 7) is 6.15. The Bertz CT molecular complexity index is 443. The molecule has 108 valence electrons. The van der Waals surface area contributed by atoms with Crippen LogP contribution >= 0.6 is 0 Å². The molecule has 2 heterocycles. The van der Waals surface area contributed by atoms with Crippen molar-refractivity contribution >= 4 is 0 Å². The van der Waals surface area contributed by atoms with E-state index in [1.807, 2.05) is 0 Å². The van der Waals surface area contributed by atoms with Crippen molar-refractivity contribution in [1.29, 1.82) is 0 Å². The maximum absolute atomic E-state index is 3.68. The zero-order chi connectivity index (χ0) is 13.4. The van der Waals surface area contributed by atoms with Gasteiger partial charge in [-0.1, -0.05) is 30.3 Å². The van der Waals surface area contributed by atoms with Crippen molar-refractivity contribution in [1.82, 2.24) is 15.1 Å². The fourth-order valence-electron chi connectivity index (χ4n) is 3.85. The average molecular weight is 271 g/mol. The Kier molecular flexibility index (Phi) is 3.51. The normalized spacial score (nSPS) is 32.6. The first-order chi connectivity index (χ1) is 9.90. The molecule has 0 aromatic heterocycles. The van der Waals surface area contributed by atoms with E-state index in [1.54, 1.807) is 0 Å². The molecule has 3 heteroatoms. The highest BCUT2D eigenvalue weighted by molar-refractivity contribution is 5.20. The lowest BCUT2D eigenvalue weighted by molar-refractivity contribution is 0.142.